The van der Waals surface area contributed by atoms with E-state index in [-0.39, 0.29) is 11.5 Å². The average Bonchev–Trinajstić information content (AvgIpc) is 2.86. The van der Waals surface area contributed by atoms with Crippen LogP contribution in [0.5, 0.6) is 0 Å². The number of aromatic nitrogens is 1. The fraction of sp³-hybridized carbons (Fsp3) is 0.154. The Hall–Kier alpha value is -2.43. The highest BCUT2D eigenvalue weighted by Crippen LogP contribution is 2.17. The van der Waals surface area contributed by atoms with Crippen molar-refractivity contribution in [1.82, 2.24) is 4.57 Å². The SMILES string of the molecule is CCn1cccc1C(=O)c1cccc([N+](=O)[O-])c1. The van der Waals surface area contributed by atoms with Crippen molar-refractivity contribution in [3.63, 3.8) is 0 Å². The van der Waals surface area contributed by atoms with E-state index in [1.165, 1.54) is 18.2 Å². The topological polar surface area (TPSA) is 65.1 Å². The van der Waals surface area contributed by atoms with Gasteiger partial charge in [-0.2, -0.15) is 0 Å². The molecule has 0 aliphatic rings. The van der Waals surface area contributed by atoms with E-state index < -0.39 is 4.92 Å². The first-order valence-corrected chi connectivity index (χ1v) is 5.57. The van der Waals surface area contributed by atoms with E-state index in [4.69, 9.17) is 0 Å². The van der Waals surface area contributed by atoms with E-state index >= 15 is 0 Å². The smallest absolute Gasteiger partial charge is 0.270 e. The number of hydrogen-bond acceptors (Lipinski definition) is 3. The largest absolute Gasteiger partial charge is 0.345 e. The Labute approximate surface area is 104 Å². The van der Waals surface area contributed by atoms with Gasteiger partial charge < -0.3 is 4.57 Å². The van der Waals surface area contributed by atoms with Crippen LogP contribution in [-0.2, 0) is 6.54 Å². The maximum atomic E-state index is 12.2. The summed E-state index contributed by atoms with van der Waals surface area (Å²) in [4.78, 5) is 22.4. The molecule has 0 radical (unpaired) electrons. The molecule has 1 heterocycles. The number of non-ortho nitro benzene ring substituents is 1. The molecule has 1 aromatic heterocycles. The van der Waals surface area contributed by atoms with Gasteiger partial charge in [-0.25, -0.2) is 0 Å². The summed E-state index contributed by atoms with van der Waals surface area (Å²) in [6, 6.07) is 9.27. The van der Waals surface area contributed by atoms with Crippen LogP contribution >= 0.6 is 0 Å². The van der Waals surface area contributed by atoms with E-state index in [1.807, 2.05) is 13.1 Å². The van der Waals surface area contributed by atoms with E-state index in [0.29, 0.717) is 17.8 Å². The average molecular weight is 244 g/mol. The first kappa shape index (κ1) is 12.0. The number of rotatable bonds is 4. The Morgan fingerprint density at radius 2 is 2.11 bits per heavy atom. The van der Waals surface area contributed by atoms with Crippen LogP contribution in [0.1, 0.15) is 23.0 Å². The number of nitro groups is 1. The highest BCUT2D eigenvalue weighted by molar-refractivity contribution is 6.08. The fourth-order valence-electron chi connectivity index (χ4n) is 1.80. The van der Waals surface area contributed by atoms with Crippen LogP contribution in [0.15, 0.2) is 42.6 Å². The van der Waals surface area contributed by atoms with Crippen molar-refractivity contribution in [2.75, 3.05) is 0 Å². The Morgan fingerprint density at radius 1 is 1.33 bits per heavy atom. The first-order valence-electron chi connectivity index (χ1n) is 5.57. The fourth-order valence-corrected chi connectivity index (χ4v) is 1.80. The van der Waals surface area contributed by atoms with Gasteiger partial charge in [0.1, 0.15) is 0 Å². The molecule has 2 aromatic rings. The number of nitrogens with zero attached hydrogens (tertiary/aromatic N) is 2. The van der Waals surface area contributed by atoms with E-state index in [0.717, 1.165) is 0 Å². The van der Waals surface area contributed by atoms with Crippen molar-refractivity contribution in [3.8, 4) is 0 Å². The van der Waals surface area contributed by atoms with Crippen molar-refractivity contribution in [2.24, 2.45) is 0 Å². The zero-order valence-electron chi connectivity index (χ0n) is 9.87. The minimum absolute atomic E-state index is 0.0737. The molecule has 0 aliphatic carbocycles. The van der Waals surface area contributed by atoms with Crippen molar-refractivity contribution in [2.45, 2.75) is 13.5 Å². The van der Waals surface area contributed by atoms with Gasteiger partial charge in [0, 0.05) is 30.4 Å². The van der Waals surface area contributed by atoms with Gasteiger partial charge in [0.2, 0.25) is 5.78 Å². The van der Waals surface area contributed by atoms with Gasteiger partial charge in [-0.15, -0.1) is 0 Å². The standard InChI is InChI=1S/C13H12N2O3/c1-2-14-8-4-7-12(14)13(16)10-5-3-6-11(9-10)15(17)18/h3-9H,2H2,1H3. The first-order chi connectivity index (χ1) is 8.63. The van der Waals surface area contributed by atoms with Gasteiger partial charge in [0.05, 0.1) is 10.6 Å². The van der Waals surface area contributed by atoms with Gasteiger partial charge in [0.25, 0.3) is 5.69 Å². The van der Waals surface area contributed by atoms with Crippen molar-refractivity contribution < 1.29 is 9.72 Å². The molecule has 5 heteroatoms. The van der Waals surface area contributed by atoms with Crippen LogP contribution in [0, 0.1) is 10.1 Å². The molecule has 0 aliphatic heterocycles. The van der Waals surface area contributed by atoms with E-state index in [1.54, 1.807) is 22.8 Å². The molecular formula is C13H12N2O3. The zero-order valence-corrected chi connectivity index (χ0v) is 9.87. The predicted molar refractivity (Wildman–Crippen MR) is 66.6 cm³/mol. The Kier molecular flexibility index (Phi) is 3.23. The molecule has 0 spiro atoms. The van der Waals surface area contributed by atoms with Gasteiger partial charge in [-0.1, -0.05) is 12.1 Å². The molecule has 2 rings (SSSR count). The van der Waals surface area contributed by atoms with Crippen LogP contribution in [0.25, 0.3) is 0 Å². The molecule has 18 heavy (non-hydrogen) atoms. The van der Waals surface area contributed by atoms with Crippen LogP contribution in [-0.4, -0.2) is 15.3 Å². The molecule has 0 saturated carbocycles. The lowest BCUT2D eigenvalue weighted by molar-refractivity contribution is -0.384. The molecule has 0 saturated heterocycles. The van der Waals surface area contributed by atoms with Crippen molar-refractivity contribution in [3.05, 3.63) is 64.0 Å². The highest BCUT2D eigenvalue weighted by atomic mass is 16.6. The van der Waals surface area contributed by atoms with Crippen LogP contribution in [0.2, 0.25) is 0 Å². The van der Waals surface area contributed by atoms with Gasteiger partial charge in [0.15, 0.2) is 0 Å². The normalized spacial score (nSPS) is 10.3. The Morgan fingerprint density at radius 3 is 2.78 bits per heavy atom. The number of carbonyl (C=O) groups is 1. The molecule has 0 amide bonds. The third-order valence-electron chi connectivity index (χ3n) is 2.72. The number of ketones is 1. The number of hydrogen-bond donors (Lipinski definition) is 0. The second-order valence-electron chi connectivity index (χ2n) is 3.82. The van der Waals surface area contributed by atoms with Crippen LogP contribution in [0.4, 0.5) is 5.69 Å². The minimum Gasteiger partial charge on any atom is -0.345 e. The Balaban J connectivity index is 2.40. The summed E-state index contributed by atoms with van der Waals surface area (Å²) < 4.78 is 1.81. The van der Waals surface area contributed by atoms with Gasteiger partial charge in [-0.05, 0) is 19.1 Å². The molecule has 0 bridgehead atoms. The second kappa shape index (κ2) is 4.83. The molecule has 5 nitrogen and oxygen atoms in total. The van der Waals surface area contributed by atoms with E-state index in [9.17, 15) is 14.9 Å². The number of benzene rings is 1. The van der Waals surface area contributed by atoms with E-state index in [2.05, 4.69) is 0 Å². The van der Waals surface area contributed by atoms with Crippen LogP contribution in [0.3, 0.4) is 0 Å². The lowest BCUT2D eigenvalue weighted by Gasteiger charge is -2.05. The molecular weight excluding hydrogens is 232 g/mol. The summed E-state index contributed by atoms with van der Waals surface area (Å²) in [6.07, 6.45) is 1.81. The third kappa shape index (κ3) is 2.15. The molecule has 0 fully saturated rings. The van der Waals surface area contributed by atoms with Crippen molar-refractivity contribution in [1.29, 1.82) is 0 Å². The maximum Gasteiger partial charge on any atom is 0.270 e. The second-order valence-corrected chi connectivity index (χ2v) is 3.82. The van der Waals surface area contributed by atoms with Gasteiger partial charge >= 0.3 is 0 Å². The number of nitro benzene ring substituents is 1. The molecule has 1 aromatic carbocycles. The summed E-state index contributed by atoms with van der Waals surface area (Å²) in [5, 5.41) is 10.7. The van der Waals surface area contributed by atoms with Gasteiger partial charge in [-0.3, -0.25) is 14.9 Å². The summed E-state index contributed by atoms with van der Waals surface area (Å²) in [7, 11) is 0. The van der Waals surface area contributed by atoms with Crippen molar-refractivity contribution >= 4 is 11.5 Å². The number of carbonyl (C=O) groups excluding carboxylic acids is 1. The lowest BCUT2D eigenvalue weighted by Crippen LogP contribution is -2.08. The molecule has 0 N–H and O–H groups in total. The summed E-state index contributed by atoms with van der Waals surface area (Å²) in [6.45, 7) is 2.62. The lowest BCUT2D eigenvalue weighted by atomic mass is 10.1. The van der Waals surface area contributed by atoms with Crippen LogP contribution < -0.4 is 0 Å². The zero-order chi connectivity index (χ0) is 13.1. The minimum atomic E-state index is -0.504. The summed E-state index contributed by atoms with van der Waals surface area (Å²) in [5.74, 6) is -0.203. The highest BCUT2D eigenvalue weighted by Gasteiger charge is 2.15. The molecule has 0 atom stereocenters. The third-order valence-corrected chi connectivity index (χ3v) is 2.72. The Bertz CT molecular complexity index is 602. The maximum absolute atomic E-state index is 12.2. The number of aryl methyl sites for hydroxylation is 1. The molecule has 0 unspecified atom stereocenters. The predicted octanol–water partition coefficient (Wildman–Crippen LogP) is 2.65. The monoisotopic (exact) mass is 244 g/mol. The molecule has 92 valence electrons. The summed E-state index contributed by atoms with van der Waals surface area (Å²) >= 11 is 0. The summed E-state index contributed by atoms with van der Waals surface area (Å²) in [5.41, 5.74) is 0.797. The quantitative estimate of drug-likeness (QED) is 0.471.